The van der Waals surface area contributed by atoms with Crippen LogP contribution in [0, 0.1) is 6.92 Å². The maximum Gasteiger partial charge on any atom is 0.132 e. The molecular weight excluding hydrogens is 248 g/mol. The average Bonchev–Trinajstić information content (AvgIpc) is 2.67. The number of hydrogen-bond donors (Lipinski definition) is 1. The Balaban J connectivity index is 2.65. The van der Waals surface area contributed by atoms with Crippen molar-refractivity contribution >= 4 is 5.82 Å². The van der Waals surface area contributed by atoms with E-state index < -0.39 is 0 Å². The van der Waals surface area contributed by atoms with Gasteiger partial charge < -0.3 is 10.3 Å². The van der Waals surface area contributed by atoms with Crippen LogP contribution in [0.5, 0.6) is 0 Å². The number of aryl methyl sites for hydroxylation is 2. The molecule has 0 atom stereocenters. The third-order valence-electron chi connectivity index (χ3n) is 3.42. The summed E-state index contributed by atoms with van der Waals surface area (Å²) in [6, 6.07) is 1.99. The molecule has 20 heavy (non-hydrogen) atoms. The van der Waals surface area contributed by atoms with Crippen molar-refractivity contribution in [3.63, 3.8) is 0 Å². The van der Waals surface area contributed by atoms with Gasteiger partial charge in [-0.3, -0.25) is 4.98 Å². The van der Waals surface area contributed by atoms with Crippen molar-refractivity contribution < 1.29 is 0 Å². The lowest BCUT2D eigenvalue weighted by atomic mass is 10.1. The molecule has 2 aromatic rings. The summed E-state index contributed by atoms with van der Waals surface area (Å²) in [4.78, 5) is 9.00. The largest absolute Gasteiger partial charge is 0.383 e. The van der Waals surface area contributed by atoms with Crippen molar-refractivity contribution in [1.29, 1.82) is 0 Å². The molecule has 0 aromatic carbocycles. The van der Waals surface area contributed by atoms with Gasteiger partial charge in [-0.2, -0.15) is 0 Å². The molecular formula is C16H24N4. The van der Waals surface area contributed by atoms with Gasteiger partial charge in [0, 0.05) is 29.9 Å². The Bertz CT molecular complexity index is 605. The van der Waals surface area contributed by atoms with E-state index in [-0.39, 0.29) is 5.54 Å². The number of anilines is 1. The number of hydrogen-bond acceptors (Lipinski definition) is 3. The Morgan fingerprint density at radius 1 is 1.30 bits per heavy atom. The smallest absolute Gasteiger partial charge is 0.132 e. The fourth-order valence-electron chi connectivity index (χ4n) is 2.53. The third-order valence-corrected chi connectivity index (χ3v) is 3.42. The van der Waals surface area contributed by atoms with Crippen molar-refractivity contribution in [2.24, 2.45) is 0 Å². The summed E-state index contributed by atoms with van der Waals surface area (Å²) in [6.45, 7) is 10.7. The van der Waals surface area contributed by atoms with E-state index in [2.05, 4.69) is 44.2 Å². The first-order valence-electron chi connectivity index (χ1n) is 7.14. The maximum atomic E-state index is 6.39. The number of rotatable bonds is 3. The van der Waals surface area contributed by atoms with Crippen LogP contribution in [0.25, 0.3) is 11.3 Å². The van der Waals surface area contributed by atoms with Crippen molar-refractivity contribution in [3.8, 4) is 11.3 Å². The van der Waals surface area contributed by atoms with E-state index in [0.29, 0.717) is 0 Å². The fourth-order valence-corrected chi connectivity index (χ4v) is 2.53. The second-order valence-electron chi connectivity index (χ2n) is 6.21. The zero-order valence-electron chi connectivity index (χ0n) is 13.1. The van der Waals surface area contributed by atoms with E-state index in [4.69, 9.17) is 10.7 Å². The fraction of sp³-hybridized carbons (Fsp3) is 0.500. The normalized spacial score (nSPS) is 11.8. The van der Waals surface area contributed by atoms with Crippen LogP contribution in [-0.4, -0.2) is 14.5 Å². The zero-order chi connectivity index (χ0) is 14.9. The molecule has 0 saturated heterocycles. The van der Waals surface area contributed by atoms with Crippen LogP contribution in [-0.2, 0) is 12.0 Å². The van der Waals surface area contributed by atoms with Crippen LogP contribution >= 0.6 is 0 Å². The highest BCUT2D eigenvalue weighted by Crippen LogP contribution is 2.32. The minimum Gasteiger partial charge on any atom is -0.383 e. The van der Waals surface area contributed by atoms with Gasteiger partial charge in [-0.05, 0) is 45.7 Å². The molecule has 2 rings (SSSR count). The summed E-state index contributed by atoms with van der Waals surface area (Å²) < 4.78 is 2.15. The van der Waals surface area contributed by atoms with E-state index >= 15 is 0 Å². The molecule has 4 nitrogen and oxygen atoms in total. The quantitative estimate of drug-likeness (QED) is 0.929. The predicted octanol–water partition coefficient (Wildman–Crippen LogP) is 3.54. The average molecular weight is 272 g/mol. The number of pyridine rings is 1. The molecule has 2 heterocycles. The molecule has 0 amide bonds. The molecule has 0 fully saturated rings. The predicted molar refractivity (Wildman–Crippen MR) is 83.6 cm³/mol. The standard InChI is InChI=1S/C16H24N4/c1-6-7-13-19-14(12-10-18-9-8-11(12)2)15(17)20(13)16(3,4)5/h8-10H,6-7,17H2,1-5H3. The van der Waals surface area contributed by atoms with Gasteiger partial charge in [-0.25, -0.2) is 4.98 Å². The summed E-state index contributed by atoms with van der Waals surface area (Å²) >= 11 is 0. The molecule has 0 spiro atoms. The van der Waals surface area contributed by atoms with Gasteiger partial charge in [0.05, 0.1) is 0 Å². The van der Waals surface area contributed by atoms with Crippen LogP contribution in [0.1, 0.15) is 45.5 Å². The van der Waals surface area contributed by atoms with E-state index in [1.807, 2.05) is 12.3 Å². The lowest BCUT2D eigenvalue weighted by Crippen LogP contribution is -2.25. The van der Waals surface area contributed by atoms with Gasteiger partial charge in [0.1, 0.15) is 17.3 Å². The molecule has 0 unspecified atom stereocenters. The van der Waals surface area contributed by atoms with Crippen molar-refractivity contribution in [1.82, 2.24) is 14.5 Å². The second kappa shape index (κ2) is 5.27. The minimum atomic E-state index is -0.0735. The molecule has 2 aromatic heterocycles. The first-order chi connectivity index (χ1) is 9.36. The molecule has 4 heteroatoms. The van der Waals surface area contributed by atoms with Gasteiger partial charge in [-0.15, -0.1) is 0 Å². The summed E-state index contributed by atoms with van der Waals surface area (Å²) in [5, 5.41) is 0. The molecule has 0 aliphatic carbocycles. The van der Waals surface area contributed by atoms with Crippen LogP contribution in [0.2, 0.25) is 0 Å². The molecule has 108 valence electrons. The number of nitrogens with zero attached hydrogens (tertiary/aromatic N) is 3. The number of nitrogens with two attached hydrogens (primary N) is 1. The van der Waals surface area contributed by atoms with Crippen LogP contribution < -0.4 is 5.73 Å². The summed E-state index contributed by atoms with van der Waals surface area (Å²) in [6.07, 6.45) is 5.62. The number of imidazole rings is 1. The zero-order valence-corrected chi connectivity index (χ0v) is 13.1. The Morgan fingerprint density at radius 3 is 2.55 bits per heavy atom. The highest BCUT2D eigenvalue weighted by Gasteiger charge is 2.24. The Kier molecular flexibility index (Phi) is 3.84. The minimum absolute atomic E-state index is 0.0735. The van der Waals surface area contributed by atoms with E-state index in [9.17, 15) is 0 Å². The monoisotopic (exact) mass is 272 g/mol. The molecule has 2 N–H and O–H groups in total. The van der Waals surface area contributed by atoms with Gasteiger partial charge in [0.25, 0.3) is 0 Å². The van der Waals surface area contributed by atoms with Gasteiger partial charge in [0.2, 0.25) is 0 Å². The first-order valence-corrected chi connectivity index (χ1v) is 7.14. The van der Waals surface area contributed by atoms with Gasteiger partial charge in [0.15, 0.2) is 0 Å². The SMILES string of the molecule is CCCc1nc(-c2cnccc2C)c(N)n1C(C)(C)C. The molecule has 0 saturated carbocycles. The molecule has 0 aliphatic heterocycles. The maximum absolute atomic E-state index is 6.39. The summed E-state index contributed by atoms with van der Waals surface area (Å²) in [7, 11) is 0. The molecule has 0 bridgehead atoms. The van der Waals surface area contributed by atoms with Crippen molar-refractivity contribution in [3.05, 3.63) is 29.8 Å². The van der Waals surface area contributed by atoms with Crippen LogP contribution in [0.4, 0.5) is 5.82 Å². The summed E-state index contributed by atoms with van der Waals surface area (Å²) in [5.74, 6) is 1.79. The first kappa shape index (κ1) is 14.6. The third kappa shape index (κ3) is 2.55. The Hall–Kier alpha value is -1.84. The highest BCUT2D eigenvalue weighted by molar-refractivity contribution is 5.73. The topological polar surface area (TPSA) is 56.7 Å². The highest BCUT2D eigenvalue weighted by atomic mass is 15.2. The second-order valence-corrected chi connectivity index (χ2v) is 6.21. The number of aromatic nitrogens is 3. The Labute approximate surface area is 121 Å². The van der Waals surface area contributed by atoms with Gasteiger partial charge >= 0.3 is 0 Å². The van der Waals surface area contributed by atoms with Gasteiger partial charge in [-0.1, -0.05) is 6.92 Å². The molecule has 0 radical (unpaired) electrons. The van der Waals surface area contributed by atoms with Crippen LogP contribution in [0.15, 0.2) is 18.5 Å². The number of nitrogen functional groups attached to an aromatic ring is 1. The van der Waals surface area contributed by atoms with Crippen molar-refractivity contribution in [2.45, 2.75) is 53.0 Å². The Morgan fingerprint density at radius 2 is 2.00 bits per heavy atom. The molecule has 0 aliphatic rings. The van der Waals surface area contributed by atoms with E-state index in [1.165, 1.54) is 0 Å². The lowest BCUT2D eigenvalue weighted by Gasteiger charge is -2.25. The lowest BCUT2D eigenvalue weighted by molar-refractivity contribution is 0.387. The van der Waals surface area contributed by atoms with Crippen LogP contribution in [0.3, 0.4) is 0 Å². The van der Waals surface area contributed by atoms with E-state index in [1.54, 1.807) is 6.20 Å². The van der Waals surface area contributed by atoms with E-state index in [0.717, 1.165) is 41.3 Å². The van der Waals surface area contributed by atoms with Crippen molar-refractivity contribution in [2.75, 3.05) is 5.73 Å². The summed E-state index contributed by atoms with van der Waals surface area (Å²) in [5.41, 5.74) is 9.34.